The lowest BCUT2D eigenvalue weighted by Gasteiger charge is -2.22. The van der Waals surface area contributed by atoms with Gasteiger partial charge in [-0.15, -0.1) is 0 Å². The van der Waals surface area contributed by atoms with Crippen LogP contribution in [0.2, 0.25) is 0 Å². The number of hydrogen-bond acceptors (Lipinski definition) is 2. The van der Waals surface area contributed by atoms with Crippen molar-refractivity contribution in [2.24, 2.45) is 11.3 Å². The summed E-state index contributed by atoms with van der Waals surface area (Å²) in [5, 5.41) is 0. The summed E-state index contributed by atoms with van der Waals surface area (Å²) in [6.45, 7) is 12.1. The van der Waals surface area contributed by atoms with E-state index in [-0.39, 0.29) is 5.97 Å². The Balaban J connectivity index is 3.00. The zero-order valence-corrected chi connectivity index (χ0v) is 12.3. The van der Waals surface area contributed by atoms with Crippen molar-refractivity contribution in [3.63, 3.8) is 0 Å². The molecule has 0 heterocycles. The fourth-order valence-electron chi connectivity index (χ4n) is 1.56. The fraction of sp³-hybridized carbons (Fsp3) is 0.562. The lowest BCUT2D eigenvalue weighted by atomic mass is 9.89. The van der Waals surface area contributed by atoms with E-state index in [1.54, 1.807) is 0 Å². The van der Waals surface area contributed by atoms with Gasteiger partial charge in [-0.2, -0.15) is 0 Å². The standard InChI is InChI=1S/C16H24O2/c1-11(2)12(3)13-9-7-8-10-14(13)18-15(17)16(4,5)6/h7-12H,1-6H3. The molecule has 1 aromatic carbocycles. The van der Waals surface area contributed by atoms with Crippen molar-refractivity contribution in [3.8, 4) is 5.75 Å². The van der Waals surface area contributed by atoms with Crippen molar-refractivity contribution < 1.29 is 9.53 Å². The number of hydrogen-bond donors (Lipinski definition) is 0. The Hall–Kier alpha value is -1.31. The minimum absolute atomic E-state index is 0.189. The van der Waals surface area contributed by atoms with Gasteiger partial charge in [-0.3, -0.25) is 4.79 Å². The van der Waals surface area contributed by atoms with E-state index in [9.17, 15) is 4.79 Å². The second-order valence-corrected chi connectivity index (χ2v) is 6.21. The van der Waals surface area contributed by atoms with Gasteiger partial charge in [0.2, 0.25) is 0 Å². The molecule has 0 radical (unpaired) electrons. The summed E-state index contributed by atoms with van der Waals surface area (Å²) in [5.41, 5.74) is 0.624. The van der Waals surface area contributed by atoms with Gasteiger partial charge in [0.05, 0.1) is 5.41 Å². The minimum Gasteiger partial charge on any atom is -0.426 e. The van der Waals surface area contributed by atoms with E-state index < -0.39 is 5.41 Å². The molecule has 1 atom stereocenters. The lowest BCUT2D eigenvalue weighted by Crippen LogP contribution is -2.26. The highest BCUT2D eigenvalue weighted by Crippen LogP contribution is 2.32. The molecule has 0 bridgehead atoms. The second-order valence-electron chi connectivity index (χ2n) is 6.21. The van der Waals surface area contributed by atoms with Crippen LogP contribution in [0.25, 0.3) is 0 Å². The van der Waals surface area contributed by atoms with Gasteiger partial charge in [0.15, 0.2) is 0 Å². The summed E-state index contributed by atoms with van der Waals surface area (Å²) in [6.07, 6.45) is 0. The normalized spacial score (nSPS) is 13.5. The van der Waals surface area contributed by atoms with Gasteiger partial charge in [0.1, 0.15) is 5.75 Å². The smallest absolute Gasteiger partial charge is 0.316 e. The van der Waals surface area contributed by atoms with Crippen molar-refractivity contribution in [1.29, 1.82) is 0 Å². The molecule has 0 aliphatic rings. The van der Waals surface area contributed by atoms with Gasteiger partial charge in [-0.1, -0.05) is 39.0 Å². The molecule has 0 saturated heterocycles. The van der Waals surface area contributed by atoms with Crippen LogP contribution in [0.3, 0.4) is 0 Å². The van der Waals surface area contributed by atoms with Crippen molar-refractivity contribution in [1.82, 2.24) is 0 Å². The first kappa shape index (κ1) is 14.7. The van der Waals surface area contributed by atoms with Gasteiger partial charge >= 0.3 is 5.97 Å². The van der Waals surface area contributed by atoms with E-state index in [1.165, 1.54) is 0 Å². The van der Waals surface area contributed by atoms with Crippen molar-refractivity contribution in [3.05, 3.63) is 29.8 Å². The number of rotatable bonds is 3. The second kappa shape index (κ2) is 5.55. The molecule has 2 heteroatoms. The van der Waals surface area contributed by atoms with E-state index in [4.69, 9.17) is 4.74 Å². The van der Waals surface area contributed by atoms with Crippen LogP contribution >= 0.6 is 0 Å². The molecule has 0 amide bonds. The molecule has 0 aliphatic carbocycles. The van der Waals surface area contributed by atoms with Crippen LogP contribution in [0, 0.1) is 11.3 Å². The maximum absolute atomic E-state index is 12.0. The average Bonchev–Trinajstić information content (AvgIpc) is 2.27. The Morgan fingerprint density at radius 2 is 1.67 bits per heavy atom. The minimum atomic E-state index is -0.478. The third-order valence-corrected chi connectivity index (χ3v) is 3.22. The first-order valence-corrected chi connectivity index (χ1v) is 6.54. The van der Waals surface area contributed by atoms with Crippen LogP contribution in [0.1, 0.15) is 53.0 Å². The molecule has 0 N–H and O–H groups in total. The number of esters is 1. The van der Waals surface area contributed by atoms with Gasteiger partial charge in [0.25, 0.3) is 0 Å². The zero-order chi connectivity index (χ0) is 13.9. The largest absolute Gasteiger partial charge is 0.426 e. The number of carbonyl (C=O) groups is 1. The average molecular weight is 248 g/mol. The highest BCUT2D eigenvalue weighted by atomic mass is 16.5. The van der Waals surface area contributed by atoms with Crippen molar-refractivity contribution in [2.75, 3.05) is 0 Å². The van der Waals surface area contributed by atoms with Crippen molar-refractivity contribution in [2.45, 2.75) is 47.5 Å². The molecule has 1 rings (SSSR count). The Labute approximate surface area is 110 Å². The highest BCUT2D eigenvalue weighted by molar-refractivity contribution is 5.78. The van der Waals surface area contributed by atoms with E-state index in [1.807, 2.05) is 45.0 Å². The molecule has 100 valence electrons. The first-order chi connectivity index (χ1) is 8.23. The summed E-state index contributed by atoms with van der Waals surface area (Å²) in [7, 11) is 0. The molecule has 18 heavy (non-hydrogen) atoms. The monoisotopic (exact) mass is 248 g/mol. The third-order valence-electron chi connectivity index (χ3n) is 3.22. The Kier molecular flexibility index (Phi) is 4.55. The van der Waals surface area contributed by atoms with Gasteiger partial charge < -0.3 is 4.74 Å². The first-order valence-electron chi connectivity index (χ1n) is 6.54. The lowest BCUT2D eigenvalue weighted by molar-refractivity contribution is -0.143. The number of para-hydroxylation sites is 1. The summed E-state index contributed by atoms with van der Waals surface area (Å²) < 4.78 is 5.54. The maximum Gasteiger partial charge on any atom is 0.316 e. The Bertz CT molecular complexity index is 413. The maximum atomic E-state index is 12.0. The van der Waals surface area contributed by atoms with Crippen LogP contribution in [-0.4, -0.2) is 5.97 Å². The molecular formula is C16H24O2. The molecule has 1 unspecified atom stereocenters. The SMILES string of the molecule is CC(C)C(C)c1ccccc1OC(=O)C(C)(C)C. The predicted octanol–water partition coefficient (Wildman–Crippen LogP) is 4.40. The van der Waals surface area contributed by atoms with Gasteiger partial charge in [-0.25, -0.2) is 0 Å². The zero-order valence-electron chi connectivity index (χ0n) is 12.3. The van der Waals surface area contributed by atoms with Crippen LogP contribution in [0.5, 0.6) is 5.75 Å². The molecule has 0 aromatic heterocycles. The molecule has 0 fully saturated rings. The summed E-state index contributed by atoms with van der Waals surface area (Å²) in [5.74, 6) is 1.39. The fourth-order valence-corrected chi connectivity index (χ4v) is 1.56. The molecule has 1 aromatic rings. The quantitative estimate of drug-likeness (QED) is 0.585. The molecule has 0 spiro atoms. The van der Waals surface area contributed by atoms with E-state index in [0.29, 0.717) is 17.6 Å². The molecule has 0 saturated carbocycles. The highest BCUT2D eigenvalue weighted by Gasteiger charge is 2.25. The van der Waals surface area contributed by atoms with Crippen molar-refractivity contribution >= 4 is 5.97 Å². The predicted molar refractivity (Wildman–Crippen MR) is 74.8 cm³/mol. The van der Waals surface area contributed by atoms with Crippen LogP contribution in [0.4, 0.5) is 0 Å². The summed E-state index contributed by atoms with van der Waals surface area (Å²) in [4.78, 5) is 12.0. The molecular weight excluding hydrogens is 224 g/mol. The number of benzene rings is 1. The molecule has 0 aliphatic heterocycles. The summed E-state index contributed by atoms with van der Waals surface area (Å²) in [6, 6.07) is 7.80. The molecule has 2 nitrogen and oxygen atoms in total. The summed E-state index contributed by atoms with van der Waals surface area (Å²) >= 11 is 0. The third kappa shape index (κ3) is 3.59. The van der Waals surface area contributed by atoms with Gasteiger partial charge in [-0.05, 0) is 44.2 Å². The Morgan fingerprint density at radius 1 is 1.11 bits per heavy atom. The number of carbonyl (C=O) groups excluding carboxylic acids is 1. The van der Waals surface area contributed by atoms with Crippen LogP contribution < -0.4 is 4.74 Å². The van der Waals surface area contributed by atoms with E-state index in [0.717, 1.165) is 5.56 Å². The number of ether oxygens (including phenoxy) is 1. The van der Waals surface area contributed by atoms with E-state index in [2.05, 4.69) is 20.8 Å². The Morgan fingerprint density at radius 3 is 2.17 bits per heavy atom. The van der Waals surface area contributed by atoms with Crippen LogP contribution in [-0.2, 0) is 4.79 Å². The van der Waals surface area contributed by atoms with E-state index >= 15 is 0 Å². The topological polar surface area (TPSA) is 26.3 Å². The van der Waals surface area contributed by atoms with Gasteiger partial charge in [0, 0.05) is 0 Å². The van der Waals surface area contributed by atoms with Crippen LogP contribution in [0.15, 0.2) is 24.3 Å².